The second-order valence-corrected chi connectivity index (χ2v) is 7.67. The van der Waals surface area contributed by atoms with Crippen LogP contribution in [0, 0.1) is 5.82 Å². The highest BCUT2D eigenvalue weighted by molar-refractivity contribution is 7.14. The number of nitrogens with zero attached hydrogens (tertiary/aromatic N) is 2. The van der Waals surface area contributed by atoms with Crippen LogP contribution in [-0.2, 0) is 11.2 Å². The second-order valence-electron chi connectivity index (χ2n) is 6.37. The van der Waals surface area contributed by atoms with Crippen molar-refractivity contribution in [1.29, 1.82) is 0 Å². The molecule has 1 heterocycles. The molecule has 0 saturated carbocycles. The Morgan fingerprint density at radius 1 is 1.20 bits per heavy atom. The molecule has 0 bridgehead atoms. The first kappa shape index (κ1) is 21.7. The fraction of sp³-hybridized carbons (Fsp3) is 0.190. The number of likely N-dealkylation sites (N-methyl/N-ethyl adjacent to an activating group) is 1. The predicted octanol–water partition coefficient (Wildman–Crippen LogP) is 4.27. The van der Waals surface area contributed by atoms with Crippen LogP contribution in [0.25, 0.3) is 0 Å². The van der Waals surface area contributed by atoms with Crippen molar-refractivity contribution in [1.82, 2.24) is 9.88 Å². The molecule has 3 aromatic rings. The van der Waals surface area contributed by atoms with Crippen LogP contribution in [0.15, 0.2) is 53.9 Å². The Hall–Kier alpha value is -2.97. The number of thiazole rings is 1. The van der Waals surface area contributed by atoms with Crippen molar-refractivity contribution in [2.24, 2.45) is 0 Å². The lowest BCUT2D eigenvalue weighted by molar-refractivity contribution is -0.129. The lowest BCUT2D eigenvalue weighted by Crippen LogP contribution is -2.32. The molecule has 9 heteroatoms. The third kappa shape index (κ3) is 6.01. The summed E-state index contributed by atoms with van der Waals surface area (Å²) < 4.78 is 19.3. The van der Waals surface area contributed by atoms with E-state index in [4.69, 9.17) is 16.3 Å². The number of hydrogen-bond acceptors (Lipinski definition) is 5. The summed E-state index contributed by atoms with van der Waals surface area (Å²) in [6, 6.07) is 12.7. The fourth-order valence-electron chi connectivity index (χ4n) is 2.50. The normalized spacial score (nSPS) is 10.5. The molecule has 0 aliphatic rings. The monoisotopic (exact) mass is 447 g/mol. The van der Waals surface area contributed by atoms with Crippen LogP contribution >= 0.6 is 22.9 Å². The minimum absolute atomic E-state index is 0.0641. The van der Waals surface area contributed by atoms with Crippen LogP contribution in [0.1, 0.15) is 16.1 Å². The van der Waals surface area contributed by atoms with E-state index in [9.17, 15) is 14.0 Å². The van der Waals surface area contributed by atoms with Crippen LogP contribution in [0.3, 0.4) is 0 Å². The summed E-state index contributed by atoms with van der Waals surface area (Å²) in [7, 11) is 1.68. The summed E-state index contributed by atoms with van der Waals surface area (Å²) in [6.07, 6.45) is 0.0868. The summed E-state index contributed by atoms with van der Waals surface area (Å²) in [5.41, 5.74) is 0.463. The van der Waals surface area contributed by atoms with E-state index >= 15 is 0 Å². The summed E-state index contributed by atoms with van der Waals surface area (Å²) in [4.78, 5) is 30.3. The van der Waals surface area contributed by atoms with Gasteiger partial charge in [-0.05, 0) is 36.4 Å². The van der Waals surface area contributed by atoms with Gasteiger partial charge in [-0.1, -0.05) is 23.7 Å². The summed E-state index contributed by atoms with van der Waals surface area (Å²) in [6.45, 7) is 0.743. The Kier molecular flexibility index (Phi) is 7.37. The predicted molar refractivity (Wildman–Crippen MR) is 115 cm³/mol. The van der Waals surface area contributed by atoms with Gasteiger partial charge in [0.05, 0.1) is 24.2 Å². The van der Waals surface area contributed by atoms with E-state index in [0.717, 1.165) is 0 Å². The molecule has 1 N–H and O–H groups in total. The van der Waals surface area contributed by atoms with E-state index in [0.29, 0.717) is 34.7 Å². The van der Waals surface area contributed by atoms with Gasteiger partial charge >= 0.3 is 0 Å². The molecule has 0 aliphatic heterocycles. The highest BCUT2D eigenvalue weighted by Crippen LogP contribution is 2.18. The Morgan fingerprint density at radius 3 is 2.67 bits per heavy atom. The van der Waals surface area contributed by atoms with E-state index in [1.54, 1.807) is 47.7 Å². The van der Waals surface area contributed by atoms with E-state index in [-0.39, 0.29) is 17.9 Å². The quantitative estimate of drug-likeness (QED) is 0.559. The highest BCUT2D eigenvalue weighted by Gasteiger charge is 2.15. The molecule has 30 heavy (non-hydrogen) atoms. The number of amides is 2. The number of hydrogen-bond donors (Lipinski definition) is 1. The zero-order chi connectivity index (χ0) is 21.5. The standard InChI is InChI=1S/C21H19ClFN3O3S/c1-26(10-11-29-16-8-6-14(22)7-9-16)19(27)12-15-13-30-21(24-15)25-20(28)17-4-2-3-5-18(17)23/h2-9,13H,10-12H2,1H3,(H,24,25,28). The third-order valence-electron chi connectivity index (χ3n) is 4.16. The van der Waals surface area contributed by atoms with Gasteiger partial charge in [0, 0.05) is 17.5 Å². The van der Waals surface area contributed by atoms with Gasteiger partial charge in [0.2, 0.25) is 5.91 Å². The van der Waals surface area contributed by atoms with Crippen LogP contribution in [0.4, 0.5) is 9.52 Å². The SMILES string of the molecule is CN(CCOc1ccc(Cl)cc1)C(=O)Cc1csc(NC(=O)c2ccccc2F)n1. The molecule has 0 atom stereocenters. The molecule has 0 spiro atoms. The van der Waals surface area contributed by atoms with Crippen LogP contribution < -0.4 is 10.1 Å². The maximum absolute atomic E-state index is 13.7. The molecule has 2 amide bonds. The molecule has 3 rings (SSSR count). The Bertz CT molecular complexity index is 1030. The zero-order valence-corrected chi connectivity index (χ0v) is 17.7. The van der Waals surface area contributed by atoms with Crippen molar-refractivity contribution in [3.63, 3.8) is 0 Å². The van der Waals surface area contributed by atoms with Crippen LogP contribution in [0.2, 0.25) is 5.02 Å². The van der Waals surface area contributed by atoms with Crippen molar-refractivity contribution < 1.29 is 18.7 Å². The number of benzene rings is 2. The first-order valence-electron chi connectivity index (χ1n) is 9.05. The zero-order valence-electron chi connectivity index (χ0n) is 16.1. The lowest BCUT2D eigenvalue weighted by Gasteiger charge is -2.17. The van der Waals surface area contributed by atoms with Crippen molar-refractivity contribution in [2.45, 2.75) is 6.42 Å². The van der Waals surface area contributed by atoms with Gasteiger partial charge in [-0.25, -0.2) is 9.37 Å². The van der Waals surface area contributed by atoms with E-state index in [2.05, 4.69) is 10.3 Å². The topological polar surface area (TPSA) is 71.5 Å². The number of carbonyl (C=O) groups excluding carboxylic acids is 2. The molecular formula is C21H19ClFN3O3S. The van der Waals surface area contributed by atoms with Gasteiger partial charge in [0.1, 0.15) is 18.2 Å². The van der Waals surface area contributed by atoms with Gasteiger partial charge in [-0.15, -0.1) is 11.3 Å². The Balaban J connectivity index is 1.47. The summed E-state index contributed by atoms with van der Waals surface area (Å²) in [5, 5.41) is 5.17. The van der Waals surface area contributed by atoms with E-state index in [1.165, 1.54) is 29.5 Å². The molecule has 0 unspecified atom stereocenters. The summed E-state index contributed by atoms with van der Waals surface area (Å²) >= 11 is 7.01. The maximum Gasteiger partial charge on any atom is 0.260 e. The largest absolute Gasteiger partial charge is 0.492 e. The number of carbonyl (C=O) groups is 2. The average Bonchev–Trinajstić information content (AvgIpc) is 3.16. The minimum atomic E-state index is -0.607. The van der Waals surface area contributed by atoms with Gasteiger partial charge in [0.15, 0.2) is 5.13 Å². The molecule has 0 fully saturated rings. The van der Waals surface area contributed by atoms with Crippen molar-refractivity contribution in [3.05, 3.63) is 76.0 Å². The second kappa shape index (κ2) is 10.2. The first-order chi connectivity index (χ1) is 14.4. The van der Waals surface area contributed by atoms with Gasteiger partial charge in [-0.3, -0.25) is 14.9 Å². The number of aromatic nitrogens is 1. The number of ether oxygens (including phenoxy) is 1. The lowest BCUT2D eigenvalue weighted by atomic mass is 10.2. The smallest absolute Gasteiger partial charge is 0.260 e. The van der Waals surface area contributed by atoms with E-state index < -0.39 is 11.7 Å². The maximum atomic E-state index is 13.7. The number of nitrogens with one attached hydrogen (secondary N) is 1. The minimum Gasteiger partial charge on any atom is -0.492 e. The van der Waals surface area contributed by atoms with Gasteiger partial charge in [-0.2, -0.15) is 0 Å². The van der Waals surface area contributed by atoms with Gasteiger partial charge in [0.25, 0.3) is 5.91 Å². The van der Waals surface area contributed by atoms with Crippen LogP contribution in [0.5, 0.6) is 5.75 Å². The number of halogens is 2. The molecule has 2 aromatic carbocycles. The molecule has 6 nitrogen and oxygen atoms in total. The Labute approximate surface area is 182 Å². The first-order valence-corrected chi connectivity index (χ1v) is 10.3. The third-order valence-corrected chi connectivity index (χ3v) is 5.22. The average molecular weight is 448 g/mol. The molecular weight excluding hydrogens is 429 g/mol. The number of rotatable bonds is 8. The molecule has 1 aromatic heterocycles. The Morgan fingerprint density at radius 2 is 1.93 bits per heavy atom. The number of anilines is 1. The fourth-order valence-corrected chi connectivity index (χ4v) is 3.33. The van der Waals surface area contributed by atoms with Crippen molar-refractivity contribution in [3.8, 4) is 5.75 Å². The molecule has 156 valence electrons. The molecule has 0 radical (unpaired) electrons. The van der Waals surface area contributed by atoms with Crippen molar-refractivity contribution >= 4 is 39.9 Å². The van der Waals surface area contributed by atoms with Gasteiger partial charge < -0.3 is 9.64 Å². The molecule has 0 aliphatic carbocycles. The highest BCUT2D eigenvalue weighted by atomic mass is 35.5. The van der Waals surface area contributed by atoms with Crippen LogP contribution in [-0.4, -0.2) is 41.9 Å². The van der Waals surface area contributed by atoms with E-state index in [1.807, 2.05) is 0 Å². The van der Waals surface area contributed by atoms with Crippen molar-refractivity contribution in [2.75, 3.05) is 25.5 Å². The summed E-state index contributed by atoms with van der Waals surface area (Å²) in [5.74, 6) is -0.650. The molecule has 0 saturated heterocycles.